The number of benzene rings is 6. The lowest BCUT2D eigenvalue weighted by atomic mass is 10.1. The summed E-state index contributed by atoms with van der Waals surface area (Å²) in [4.78, 5) is 2.29. The van der Waals surface area contributed by atoms with Gasteiger partial charge in [0.2, 0.25) is 0 Å². The summed E-state index contributed by atoms with van der Waals surface area (Å²) in [5.74, 6) is 0. The van der Waals surface area contributed by atoms with Crippen molar-refractivity contribution in [1.82, 2.24) is 4.57 Å². The van der Waals surface area contributed by atoms with Crippen LogP contribution in [0.1, 0.15) is 0 Å². The third kappa shape index (κ3) is 3.37. The van der Waals surface area contributed by atoms with Gasteiger partial charge in [0, 0.05) is 38.9 Å². The summed E-state index contributed by atoms with van der Waals surface area (Å²) in [6.45, 7) is 0. The van der Waals surface area contributed by atoms with Crippen LogP contribution < -0.4 is 4.90 Å². The highest BCUT2D eigenvalue weighted by Gasteiger charge is 2.19. The zero-order valence-electron chi connectivity index (χ0n) is 21.2. The summed E-state index contributed by atoms with van der Waals surface area (Å²) >= 11 is 0. The maximum atomic E-state index is 6.45. The van der Waals surface area contributed by atoms with E-state index in [2.05, 4.69) is 143 Å². The second-order valence-corrected chi connectivity index (χ2v) is 9.81. The van der Waals surface area contributed by atoms with Crippen molar-refractivity contribution >= 4 is 60.8 Å². The van der Waals surface area contributed by atoms with Crippen molar-refractivity contribution in [1.29, 1.82) is 0 Å². The van der Waals surface area contributed by atoms with Crippen molar-refractivity contribution in [2.24, 2.45) is 0 Å². The molecule has 3 heteroatoms. The summed E-state index contributed by atoms with van der Waals surface area (Å²) in [6.07, 6.45) is 0. The largest absolute Gasteiger partial charge is 0.455 e. The van der Waals surface area contributed by atoms with Gasteiger partial charge in [-0.25, -0.2) is 0 Å². The molecule has 39 heavy (non-hydrogen) atoms. The lowest BCUT2D eigenvalue weighted by molar-refractivity contribution is 0.673. The molecule has 0 fully saturated rings. The minimum absolute atomic E-state index is 0.920. The maximum absolute atomic E-state index is 6.45. The molecule has 3 nitrogen and oxygen atoms in total. The molecule has 0 radical (unpaired) electrons. The first-order valence-electron chi connectivity index (χ1n) is 13.2. The van der Waals surface area contributed by atoms with Crippen molar-refractivity contribution in [3.05, 3.63) is 146 Å². The van der Waals surface area contributed by atoms with Gasteiger partial charge in [0.15, 0.2) is 0 Å². The van der Waals surface area contributed by atoms with Crippen molar-refractivity contribution in [3.63, 3.8) is 0 Å². The Labute approximate surface area is 225 Å². The van der Waals surface area contributed by atoms with Crippen molar-refractivity contribution in [3.8, 4) is 5.69 Å². The lowest BCUT2D eigenvalue weighted by Gasteiger charge is -2.25. The predicted molar refractivity (Wildman–Crippen MR) is 163 cm³/mol. The summed E-state index contributed by atoms with van der Waals surface area (Å²) in [5.41, 5.74) is 8.64. The second-order valence-electron chi connectivity index (χ2n) is 9.81. The summed E-state index contributed by atoms with van der Waals surface area (Å²) < 4.78 is 8.80. The Balaban J connectivity index is 1.33. The van der Waals surface area contributed by atoms with Crippen LogP contribution in [-0.4, -0.2) is 4.57 Å². The Hall–Kier alpha value is -5.28. The quantitative estimate of drug-likeness (QED) is 0.240. The summed E-state index contributed by atoms with van der Waals surface area (Å²) in [7, 11) is 0. The van der Waals surface area contributed by atoms with E-state index in [0.29, 0.717) is 0 Å². The molecule has 0 unspecified atom stereocenters. The first-order chi connectivity index (χ1) is 19.4. The number of aromatic nitrogens is 1. The van der Waals surface area contributed by atoms with Gasteiger partial charge >= 0.3 is 0 Å². The number of para-hydroxylation sites is 4. The Bertz CT molecular complexity index is 2060. The van der Waals surface area contributed by atoms with Gasteiger partial charge in [0.1, 0.15) is 11.2 Å². The van der Waals surface area contributed by atoms with E-state index in [1.54, 1.807) is 0 Å². The lowest BCUT2D eigenvalue weighted by Crippen LogP contribution is -2.09. The van der Waals surface area contributed by atoms with Gasteiger partial charge in [0.05, 0.1) is 16.4 Å². The number of anilines is 3. The average Bonchev–Trinajstić information content (AvgIpc) is 3.55. The fourth-order valence-electron chi connectivity index (χ4n) is 5.87. The highest BCUT2D eigenvalue weighted by atomic mass is 16.3. The Morgan fingerprint density at radius 1 is 0.436 bits per heavy atom. The van der Waals surface area contributed by atoms with Gasteiger partial charge < -0.3 is 13.9 Å². The van der Waals surface area contributed by atoms with Crippen LogP contribution in [0, 0.1) is 0 Å². The molecule has 0 bridgehead atoms. The van der Waals surface area contributed by atoms with Crippen molar-refractivity contribution in [2.45, 2.75) is 0 Å². The van der Waals surface area contributed by atoms with Crippen LogP contribution in [0.5, 0.6) is 0 Å². The smallest absolute Gasteiger partial charge is 0.145 e. The molecule has 8 aromatic rings. The van der Waals surface area contributed by atoms with Crippen LogP contribution in [0.25, 0.3) is 49.4 Å². The number of nitrogens with zero attached hydrogens (tertiary/aromatic N) is 2. The van der Waals surface area contributed by atoms with Crippen LogP contribution in [0.2, 0.25) is 0 Å². The van der Waals surface area contributed by atoms with E-state index in [4.69, 9.17) is 4.42 Å². The molecular weight excluding hydrogens is 476 g/mol. The molecule has 0 saturated carbocycles. The maximum Gasteiger partial charge on any atom is 0.145 e. The molecule has 0 aliphatic carbocycles. The van der Waals surface area contributed by atoms with Crippen LogP contribution >= 0.6 is 0 Å². The molecule has 0 aliphatic heterocycles. The Kier molecular flexibility index (Phi) is 4.82. The molecule has 0 saturated heterocycles. The number of hydrogen-bond donors (Lipinski definition) is 0. The zero-order chi connectivity index (χ0) is 25.8. The van der Waals surface area contributed by atoms with E-state index in [1.165, 1.54) is 5.39 Å². The minimum Gasteiger partial charge on any atom is -0.455 e. The molecule has 0 amide bonds. The number of fused-ring (bicyclic) bond motifs is 7. The number of furan rings is 1. The summed E-state index contributed by atoms with van der Waals surface area (Å²) in [6, 6.07) is 51.1. The van der Waals surface area contributed by atoms with Crippen LogP contribution in [0.15, 0.2) is 150 Å². The van der Waals surface area contributed by atoms with E-state index in [9.17, 15) is 0 Å². The zero-order valence-corrected chi connectivity index (χ0v) is 21.2. The van der Waals surface area contributed by atoms with E-state index in [0.717, 1.165) is 61.1 Å². The average molecular weight is 501 g/mol. The van der Waals surface area contributed by atoms with Crippen LogP contribution in [0.4, 0.5) is 17.1 Å². The topological polar surface area (TPSA) is 21.3 Å². The summed E-state index contributed by atoms with van der Waals surface area (Å²) in [5, 5.41) is 4.64. The SMILES string of the molecule is c1ccc(N(c2ccccc2)c2ccc(-n3c4ccccc4c4c5oc6ccccc6c5ccc43)cc2)cc1. The van der Waals surface area contributed by atoms with Crippen LogP contribution in [0.3, 0.4) is 0 Å². The highest BCUT2D eigenvalue weighted by Crippen LogP contribution is 2.41. The van der Waals surface area contributed by atoms with Gasteiger partial charge in [0.25, 0.3) is 0 Å². The molecular formula is C36H24N2O. The molecule has 0 N–H and O–H groups in total. The van der Waals surface area contributed by atoms with E-state index in [-0.39, 0.29) is 0 Å². The number of rotatable bonds is 4. The monoisotopic (exact) mass is 500 g/mol. The van der Waals surface area contributed by atoms with Crippen molar-refractivity contribution < 1.29 is 4.42 Å². The first-order valence-corrected chi connectivity index (χ1v) is 13.2. The van der Waals surface area contributed by atoms with Gasteiger partial charge in [-0.05, 0) is 72.8 Å². The van der Waals surface area contributed by atoms with E-state index >= 15 is 0 Å². The fourth-order valence-corrected chi connectivity index (χ4v) is 5.87. The third-order valence-corrected chi connectivity index (χ3v) is 7.58. The van der Waals surface area contributed by atoms with Crippen molar-refractivity contribution in [2.75, 3.05) is 4.90 Å². The normalized spacial score (nSPS) is 11.6. The number of hydrogen-bond acceptors (Lipinski definition) is 2. The molecule has 184 valence electrons. The third-order valence-electron chi connectivity index (χ3n) is 7.58. The van der Waals surface area contributed by atoms with Crippen LogP contribution in [-0.2, 0) is 0 Å². The second kappa shape index (κ2) is 8.64. The molecule has 2 heterocycles. The van der Waals surface area contributed by atoms with Gasteiger partial charge in [-0.1, -0.05) is 72.8 Å². The minimum atomic E-state index is 0.920. The molecule has 0 spiro atoms. The standard InChI is InChI=1S/C36H24N2O/c1-3-11-25(12-4-1)37(26-13-5-2-6-14-26)27-19-21-28(22-20-27)38-32-17-9-7-16-31(32)35-33(38)24-23-30-29-15-8-10-18-34(29)39-36(30)35/h1-24H. The van der Waals surface area contributed by atoms with E-state index < -0.39 is 0 Å². The Morgan fingerprint density at radius 2 is 1.03 bits per heavy atom. The molecule has 0 atom stereocenters. The highest BCUT2D eigenvalue weighted by molar-refractivity contribution is 6.23. The van der Waals surface area contributed by atoms with Gasteiger partial charge in [-0.2, -0.15) is 0 Å². The molecule has 8 rings (SSSR count). The van der Waals surface area contributed by atoms with Gasteiger partial charge in [-0.3, -0.25) is 0 Å². The molecule has 6 aromatic carbocycles. The van der Waals surface area contributed by atoms with E-state index in [1.807, 2.05) is 12.1 Å². The predicted octanol–water partition coefficient (Wildman–Crippen LogP) is 10.2. The van der Waals surface area contributed by atoms with Gasteiger partial charge in [-0.15, -0.1) is 0 Å². The molecule has 2 aromatic heterocycles. The fraction of sp³-hybridized carbons (Fsp3) is 0. The molecule has 0 aliphatic rings. The first kappa shape index (κ1) is 21.8. The Morgan fingerprint density at radius 3 is 1.74 bits per heavy atom.